The molecule has 1 atom stereocenters. The number of likely N-dealkylation sites (tertiary alicyclic amines) is 1. The molecule has 1 N–H and O–H groups in total. The molecule has 0 amide bonds. The highest BCUT2D eigenvalue weighted by atomic mass is 16.5. The van der Waals surface area contributed by atoms with E-state index in [1.165, 1.54) is 38.7 Å². The van der Waals surface area contributed by atoms with Gasteiger partial charge in [-0.3, -0.25) is 0 Å². The molecule has 2 heterocycles. The van der Waals surface area contributed by atoms with Crippen LogP contribution < -0.4 is 5.32 Å². The zero-order valence-electron chi connectivity index (χ0n) is 9.85. The third kappa shape index (κ3) is 3.57. The van der Waals surface area contributed by atoms with Crippen molar-refractivity contribution < 1.29 is 4.52 Å². The van der Waals surface area contributed by atoms with Gasteiger partial charge in [-0.25, -0.2) is 0 Å². The van der Waals surface area contributed by atoms with E-state index in [2.05, 4.69) is 27.4 Å². The first kappa shape index (κ1) is 11.5. The molecule has 1 unspecified atom stereocenters. The molecular formula is C11H20N4O. The molecule has 0 aromatic carbocycles. The summed E-state index contributed by atoms with van der Waals surface area (Å²) < 4.78 is 4.70. The molecule has 5 nitrogen and oxygen atoms in total. The third-order valence-electron chi connectivity index (χ3n) is 3.14. The van der Waals surface area contributed by atoms with Crippen LogP contribution in [0.3, 0.4) is 0 Å². The predicted octanol–water partition coefficient (Wildman–Crippen LogP) is 0.686. The molecule has 1 saturated heterocycles. The highest BCUT2D eigenvalue weighted by Gasteiger charge is 2.13. The van der Waals surface area contributed by atoms with Gasteiger partial charge in [0.2, 0.25) is 6.39 Å². The van der Waals surface area contributed by atoms with Crippen molar-refractivity contribution in [1.29, 1.82) is 0 Å². The maximum absolute atomic E-state index is 4.70. The van der Waals surface area contributed by atoms with Gasteiger partial charge in [-0.2, -0.15) is 4.98 Å². The van der Waals surface area contributed by atoms with Crippen molar-refractivity contribution in [3.05, 3.63) is 12.2 Å². The predicted molar refractivity (Wildman–Crippen MR) is 61.1 cm³/mol. The van der Waals surface area contributed by atoms with Crippen molar-refractivity contribution in [2.45, 2.75) is 31.7 Å². The number of rotatable bonds is 4. The molecular weight excluding hydrogens is 204 g/mol. The highest BCUT2D eigenvalue weighted by Crippen LogP contribution is 2.09. The van der Waals surface area contributed by atoms with Gasteiger partial charge in [-0.05, 0) is 39.4 Å². The van der Waals surface area contributed by atoms with E-state index in [9.17, 15) is 0 Å². The fraction of sp³-hybridized carbons (Fsp3) is 0.818. The Bertz CT molecular complexity index is 288. The maximum Gasteiger partial charge on any atom is 0.213 e. The van der Waals surface area contributed by atoms with E-state index in [0.29, 0.717) is 6.04 Å². The summed E-state index contributed by atoms with van der Waals surface area (Å²) in [6.45, 7) is 3.36. The summed E-state index contributed by atoms with van der Waals surface area (Å²) in [7, 11) is 2.20. The second-order valence-corrected chi connectivity index (χ2v) is 4.48. The normalized spacial score (nSPS) is 23.2. The van der Waals surface area contributed by atoms with E-state index in [-0.39, 0.29) is 0 Å². The Kier molecular flexibility index (Phi) is 4.30. The minimum Gasteiger partial charge on any atom is -0.343 e. The van der Waals surface area contributed by atoms with Crippen LogP contribution in [0.2, 0.25) is 0 Å². The molecule has 16 heavy (non-hydrogen) atoms. The van der Waals surface area contributed by atoms with Gasteiger partial charge in [0.1, 0.15) is 0 Å². The molecule has 90 valence electrons. The van der Waals surface area contributed by atoms with Gasteiger partial charge >= 0.3 is 0 Å². The van der Waals surface area contributed by atoms with Crippen LogP contribution in [0.25, 0.3) is 0 Å². The Morgan fingerprint density at radius 3 is 3.25 bits per heavy atom. The minimum atomic E-state index is 0.650. The molecule has 1 aliphatic rings. The van der Waals surface area contributed by atoms with Crippen LogP contribution >= 0.6 is 0 Å². The molecule has 0 bridgehead atoms. The van der Waals surface area contributed by atoms with Crippen LogP contribution in [-0.4, -0.2) is 47.8 Å². The van der Waals surface area contributed by atoms with Crippen molar-refractivity contribution >= 4 is 0 Å². The van der Waals surface area contributed by atoms with Crippen LogP contribution in [0.1, 0.15) is 25.1 Å². The van der Waals surface area contributed by atoms with E-state index < -0.39 is 0 Å². The Labute approximate surface area is 96.2 Å². The summed E-state index contributed by atoms with van der Waals surface area (Å²) in [4.78, 5) is 6.41. The molecule has 0 saturated carbocycles. The third-order valence-corrected chi connectivity index (χ3v) is 3.14. The second-order valence-electron chi connectivity index (χ2n) is 4.48. The average molecular weight is 224 g/mol. The summed E-state index contributed by atoms with van der Waals surface area (Å²) in [5.41, 5.74) is 0. The Balaban J connectivity index is 1.65. The van der Waals surface area contributed by atoms with Gasteiger partial charge in [0.25, 0.3) is 0 Å². The van der Waals surface area contributed by atoms with E-state index in [4.69, 9.17) is 4.52 Å². The smallest absolute Gasteiger partial charge is 0.213 e. The van der Waals surface area contributed by atoms with Gasteiger partial charge in [0.05, 0.1) is 0 Å². The monoisotopic (exact) mass is 224 g/mol. The molecule has 2 rings (SSSR count). The molecule has 0 radical (unpaired) electrons. The summed E-state index contributed by atoms with van der Waals surface area (Å²) >= 11 is 0. The lowest BCUT2D eigenvalue weighted by Gasteiger charge is -2.16. The number of hydrogen-bond acceptors (Lipinski definition) is 5. The SMILES string of the molecule is CN1CCCC(NCCc2ncon2)CC1. The molecule has 5 heteroatoms. The van der Waals surface area contributed by atoms with E-state index >= 15 is 0 Å². The van der Waals surface area contributed by atoms with Crippen molar-refractivity contribution in [3.8, 4) is 0 Å². The van der Waals surface area contributed by atoms with Gasteiger partial charge in [0.15, 0.2) is 5.82 Å². The Morgan fingerprint density at radius 2 is 2.44 bits per heavy atom. The summed E-state index contributed by atoms with van der Waals surface area (Å²) in [6, 6.07) is 0.650. The van der Waals surface area contributed by atoms with Crippen molar-refractivity contribution in [2.75, 3.05) is 26.7 Å². The molecule has 1 aromatic heterocycles. The largest absolute Gasteiger partial charge is 0.343 e. The summed E-state index contributed by atoms with van der Waals surface area (Å²) in [5, 5.41) is 7.37. The fourth-order valence-electron chi connectivity index (χ4n) is 2.13. The van der Waals surface area contributed by atoms with Crippen LogP contribution in [-0.2, 0) is 6.42 Å². The number of nitrogens with zero attached hydrogens (tertiary/aromatic N) is 3. The maximum atomic E-state index is 4.70. The first-order valence-corrected chi connectivity index (χ1v) is 6.02. The van der Waals surface area contributed by atoms with Gasteiger partial charge in [-0.15, -0.1) is 0 Å². The molecule has 0 aliphatic carbocycles. The van der Waals surface area contributed by atoms with Crippen LogP contribution in [0.15, 0.2) is 10.9 Å². The molecule has 1 aliphatic heterocycles. The van der Waals surface area contributed by atoms with E-state index in [1.54, 1.807) is 0 Å². The lowest BCUT2D eigenvalue weighted by Crippen LogP contribution is -2.32. The van der Waals surface area contributed by atoms with Crippen molar-refractivity contribution in [1.82, 2.24) is 20.4 Å². The van der Waals surface area contributed by atoms with Crippen LogP contribution in [0.4, 0.5) is 0 Å². The molecule has 1 fully saturated rings. The van der Waals surface area contributed by atoms with Gasteiger partial charge < -0.3 is 14.7 Å². The Hall–Kier alpha value is -0.940. The summed E-state index contributed by atoms with van der Waals surface area (Å²) in [5.74, 6) is 0.790. The zero-order chi connectivity index (χ0) is 11.2. The summed E-state index contributed by atoms with van der Waals surface area (Å²) in [6.07, 6.45) is 6.04. The lowest BCUT2D eigenvalue weighted by atomic mass is 10.1. The van der Waals surface area contributed by atoms with Gasteiger partial charge in [0, 0.05) is 19.0 Å². The highest BCUT2D eigenvalue weighted by molar-refractivity contribution is 4.80. The van der Waals surface area contributed by atoms with Crippen molar-refractivity contribution in [3.63, 3.8) is 0 Å². The second kappa shape index (κ2) is 5.96. The molecule has 0 spiro atoms. The Morgan fingerprint density at radius 1 is 1.50 bits per heavy atom. The minimum absolute atomic E-state index is 0.650. The van der Waals surface area contributed by atoms with Crippen LogP contribution in [0, 0.1) is 0 Å². The average Bonchev–Trinajstić information content (AvgIpc) is 2.70. The standard InChI is InChI=1S/C11H20N4O/c1-15-7-2-3-10(5-8-15)12-6-4-11-13-9-16-14-11/h9-10,12H,2-8H2,1H3. The fourth-order valence-corrected chi connectivity index (χ4v) is 2.13. The zero-order valence-corrected chi connectivity index (χ0v) is 9.85. The quantitative estimate of drug-likeness (QED) is 0.815. The number of nitrogens with one attached hydrogen (secondary N) is 1. The topological polar surface area (TPSA) is 54.2 Å². The van der Waals surface area contributed by atoms with Crippen LogP contribution in [0.5, 0.6) is 0 Å². The first-order valence-electron chi connectivity index (χ1n) is 6.02. The molecule has 1 aromatic rings. The van der Waals surface area contributed by atoms with Gasteiger partial charge in [-0.1, -0.05) is 5.16 Å². The van der Waals surface area contributed by atoms with E-state index in [1.807, 2.05) is 0 Å². The lowest BCUT2D eigenvalue weighted by molar-refractivity contribution is 0.343. The first-order chi connectivity index (χ1) is 7.84. The van der Waals surface area contributed by atoms with Crippen molar-refractivity contribution in [2.24, 2.45) is 0 Å². The number of hydrogen-bond donors (Lipinski definition) is 1. The van der Waals surface area contributed by atoms with E-state index in [0.717, 1.165) is 18.8 Å². The number of aromatic nitrogens is 2.